The standard InChI is InChI=1S/C23H30N4O5S/c1-17-4-6-18(7-5-17)25-23(28)26-22-15-20(33(29,30)27-10-13-31-14-11-27)8-9-21(22)24-16-19-3-2-12-32-19/h4-9,15,19,24H,2-3,10-14,16H2,1H3,(H2,25,26,28)/t19-/m0/s1. The third-order valence-corrected chi connectivity index (χ3v) is 7.60. The lowest BCUT2D eigenvalue weighted by molar-refractivity contribution is 0.0730. The molecule has 0 aliphatic carbocycles. The van der Waals surface area contributed by atoms with E-state index in [1.54, 1.807) is 12.1 Å². The molecule has 0 unspecified atom stereocenters. The minimum atomic E-state index is -3.70. The Labute approximate surface area is 194 Å². The Bertz CT molecular complexity index is 1060. The maximum atomic E-state index is 13.1. The summed E-state index contributed by atoms with van der Waals surface area (Å²) in [7, 11) is -3.70. The Balaban J connectivity index is 1.55. The van der Waals surface area contributed by atoms with Gasteiger partial charge in [-0.05, 0) is 50.1 Å². The Kier molecular flexibility index (Phi) is 7.49. The second kappa shape index (κ2) is 10.5. The zero-order valence-electron chi connectivity index (χ0n) is 18.7. The zero-order chi connectivity index (χ0) is 23.3. The van der Waals surface area contributed by atoms with Crippen LogP contribution in [0.2, 0.25) is 0 Å². The summed E-state index contributed by atoms with van der Waals surface area (Å²) in [5.74, 6) is 0. The number of hydrogen-bond acceptors (Lipinski definition) is 6. The molecule has 2 aliphatic rings. The Hall–Kier alpha value is -2.66. The lowest BCUT2D eigenvalue weighted by Crippen LogP contribution is -2.40. The second-order valence-electron chi connectivity index (χ2n) is 8.18. The molecule has 10 heteroatoms. The van der Waals surface area contributed by atoms with Crippen LogP contribution in [0, 0.1) is 6.92 Å². The molecule has 2 aromatic rings. The van der Waals surface area contributed by atoms with Gasteiger partial charge < -0.3 is 25.4 Å². The van der Waals surface area contributed by atoms with Crippen molar-refractivity contribution in [3.8, 4) is 0 Å². The molecule has 2 heterocycles. The smallest absolute Gasteiger partial charge is 0.323 e. The average Bonchev–Trinajstić information content (AvgIpc) is 3.34. The summed E-state index contributed by atoms with van der Waals surface area (Å²) < 4.78 is 38.6. The molecular formula is C23H30N4O5S. The van der Waals surface area contributed by atoms with E-state index < -0.39 is 16.1 Å². The fourth-order valence-electron chi connectivity index (χ4n) is 3.83. The molecule has 33 heavy (non-hydrogen) atoms. The van der Waals surface area contributed by atoms with E-state index in [9.17, 15) is 13.2 Å². The number of nitrogens with zero attached hydrogens (tertiary/aromatic N) is 1. The van der Waals surface area contributed by atoms with Crippen LogP contribution in [0.1, 0.15) is 18.4 Å². The van der Waals surface area contributed by atoms with E-state index in [0.717, 1.165) is 25.0 Å². The number of morpholine rings is 1. The van der Waals surface area contributed by atoms with Gasteiger partial charge in [0.05, 0.1) is 35.6 Å². The van der Waals surface area contributed by atoms with Crippen molar-refractivity contribution in [2.45, 2.75) is 30.8 Å². The number of anilines is 3. The number of rotatable bonds is 7. The van der Waals surface area contributed by atoms with Crippen molar-refractivity contribution in [3.05, 3.63) is 48.0 Å². The van der Waals surface area contributed by atoms with Gasteiger partial charge >= 0.3 is 6.03 Å². The number of benzene rings is 2. The summed E-state index contributed by atoms with van der Waals surface area (Å²) in [6, 6.07) is 11.7. The van der Waals surface area contributed by atoms with E-state index in [4.69, 9.17) is 9.47 Å². The Morgan fingerprint density at radius 3 is 2.48 bits per heavy atom. The van der Waals surface area contributed by atoms with Crippen LogP contribution in [0.5, 0.6) is 0 Å². The highest BCUT2D eigenvalue weighted by molar-refractivity contribution is 7.89. The lowest BCUT2D eigenvalue weighted by atomic mass is 10.2. The van der Waals surface area contributed by atoms with E-state index in [2.05, 4.69) is 16.0 Å². The van der Waals surface area contributed by atoms with Crippen LogP contribution in [-0.4, -0.2) is 64.3 Å². The van der Waals surface area contributed by atoms with Crippen LogP contribution in [0.3, 0.4) is 0 Å². The van der Waals surface area contributed by atoms with E-state index in [1.165, 1.54) is 10.4 Å². The average molecular weight is 475 g/mol. The molecule has 0 aromatic heterocycles. The van der Waals surface area contributed by atoms with E-state index in [0.29, 0.717) is 49.9 Å². The molecule has 2 aliphatic heterocycles. The second-order valence-corrected chi connectivity index (χ2v) is 10.1. The van der Waals surface area contributed by atoms with Crippen molar-refractivity contribution in [1.82, 2.24) is 4.31 Å². The third kappa shape index (κ3) is 6.02. The maximum absolute atomic E-state index is 13.1. The Morgan fingerprint density at radius 2 is 1.79 bits per heavy atom. The van der Waals surface area contributed by atoms with Crippen molar-refractivity contribution < 1.29 is 22.7 Å². The Morgan fingerprint density at radius 1 is 1.03 bits per heavy atom. The van der Waals surface area contributed by atoms with Gasteiger partial charge in [-0.15, -0.1) is 0 Å². The van der Waals surface area contributed by atoms with E-state index in [1.807, 2.05) is 31.2 Å². The van der Waals surface area contributed by atoms with Gasteiger partial charge in [0.1, 0.15) is 0 Å². The van der Waals surface area contributed by atoms with Crippen LogP contribution >= 0.6 is 0 Å². The van der Waals surface area contributed by atoms with Crippen LogP contribution in [-0.2, 0) is 19.5 Å². The first-order valence-electron chi connectivity index (χ1n) is 11.1. The summed E-state index contributed by atoms with van der Waals surface area (Å²) in [6.45, 7) is 4.62. The minimum Gasteiger partial charge on any atom is -0.381 e. The normalized spacial score (nSPS) is 19.2. The van der Waals surface area contributed by atoms with Crippen LogP contribution in [0.4, 0.5) is 21.9 Å². The molecule has 178 valence electrons. The molecule has 0 spiro atoms. The number of ether oxygens (including phenoxy) is 2. The molecular weight excluding hydrogens is 444 g/mol. The highest BCUT2D eigenvalue weighted by Crippen LogP contribution is 2.28. The topological polar surface area (TPSA) is 109 Å². The minimum absolute atomic E-state index is 0.0935. The van der Waals surface area contributed by atoms with Crippen LogP contribution in [0.25, 0.3) is 0 Å². The fourth-order valence-corrected chi connectivity index (χ4v) is 5.26. The van der Waals surface area contributed by atoms with Gasteiger partial charge in [-0.2, -0.15) is 4.31 Å². The molecule has 2 aromatic carbocycles. The van der Waals surface area contributed by atoms with Gasteiger partial charge in [0.15, 0.2) is 0 Å². The first-order chi connectivity index (χ1) is 15.9. The molecule has 3 N–H and O–H groups in total. The first kappa shape index (κ1) is 23.5. The van der Waals surface area contributed by atoms with Crippen molar-refractivity contribution >= 4 is 33.1 Å². The summed E-state index contributed by atoms with van der Waals surface area (Å²) in [6.07, 6.45) is 2.08. The SMILES string of the molecule is Cc1ccc(NC(=O)Nc2cc(S(=O)(=O)N3CCOCC3)ccc2NC[C@@H]2CCCO2)cc1. The molecule has 4 rings (SSSR count). The number of aryl methyl sites for hydroxylation is 1. The maximum Gasteiger partial charge on any atom is 0.323 e. The van der Waals surface area contributed by atoms with Crippen LogP contribution < -0.4 is 16.0 Å². The number of sulfonamides is 1. The number of carbonyl (C=O) groups is 1. The molecule has 0 bridgehead atoms. The zero-order valence-corrected chi connectivity index (χ0v) is 19.5. The molecule has 2 amide bonds. The number of carbonyl (C=O) groups excluding carboxylic acids is 1. The molecule has 2 saturated heterocycles. The molecule has 2 fully saturated rings. The number of hydrogen-bond donors (Lipinski definition) is 3. The number of amides is 2. The summed E-state index contributed by atoms with van der Waals surface area (Å²) in [5.41, 5.74) is 2.74. The number of nitrogens with one attached hydrogen (secondary N) is 3. The number of urea groups is 1. The van der Waals surface area contributed by atoms with Gasteiger partial charge in [0, 0.05) is 31.9 Å². The summed E-state index contributed by atoms with van der Waals surface area (Å²) in [4.78, 5) is 12.8. The van der Waals surface area contributed by atoms with Gasteiger partial charge in [0.2, 0.25) is 10.0 Å². The van der Waals surface area contributed by atoms with Gasteiger partial charge in [-0.3, -0.25) is 0 Å². The first-order valence-corrected chi connectivity index (χ1v) is 12.6. The van der Waals surface area contributed by atoms with Gasteiger partial charge in [0.25, 0.3) is 0 Å². The highest BCUT2D eigenvalue weighted by Gasteiger charge is 2.27. The van der Waals surface area contributed by atoms with Crippen molar-refractivity contribution in [2.24, 2.45) is 0 Å². The molecule has 9 nitrogen and oxygen atoms in total. The van der Waals surface area contributed by atoms with E-state index >= 15 is 0 Å². The van der Waals surface area contributed by atoms with Crippen molar-refractivity contribution in [2.75, 3.05) is 55.4 Å². The highest BCUT2D eigenvalue weighted by atomic mass is 32.2. The van der Waals surface area contributed by atoms with E-state index in [-0.39, 0.29) is 11.0 Å². The molecule has 1 atom stereocenters. The third-order valence-electron chi connectivity index (χ3n) is 5.70. The van der Waals surface area contributed by atoms with Crippen molar-refractivity contribution in [1.29, 1.82) is 0 Å². The predicted molar refractivity (Wildman–Crippen MR) is 127 cm³/mol. The molecule has 0 radical (unpaired) electrons. The van der Waals surface area contributed by atoms with Crippen molar-refractivity contribution in [3.63, 3.8) is 0 Å². The van der Waals surface area contributed by atoms with Crippen LogP contribution in [0.15, 0.2) is 47.4 Å². The monoisotopic (exact) mass is 474 g/mol. The van der Waals surface area contributed by atoms with Gasteiger partial charge in [-0.25, -0.2) is 13.2 Å². The van der Waals surface area contributed by atoms with Gasteiger partial charge in [-0.1, -0.05) is 17.7 Å². The lowest BCUT2D eigenvalue weighted by Gasteiger charge is -2.26. The predicted octanol–water partition coefficient (Wildman–Crippen LogP) is 3.25. The summed E-state index contributed by atoms with van der Waals surface area (Å²) in [5, 5.41) is 8.88. The largest absolute Gasteiger partial charge is 0.381 e. The molecule has 0 saturated carbocycles. The fraction of sp³-hybridized carbons (Fsp3) is 0.435. The summed E-state index contributed by atoms with van der Waals surface area (Å²) >= 11 is 0. The quantitative estimate of drug-likeness (QED) is 0.568.